The lowest BCUT2D eigenvalue weighted by Gasteiger charge is -2.42. The predicted molar refractivity (Wildman–Crippen MR) is 81.5 cm³/mol. The lowest BCUT2D eigenvalue weighted by Crippen LogP contribution is -2.50. The molecule has 3 heteroatoms. The van der Waals surface area contributed by atoms with Crippen LogP contribution in [-0.2, 0) is 6.54 Å². The number of likely N-dealkylation sites (tertiary alicyclic amines) is 1. The maximum Gasteiger partial charge on any atom is 0.0866 e. The van der Waals surface area contributed by atoms with Gasteiger partial charge in [0.1, 0.15) is 0 Å². The van der Waals surface area contributed by atoms with Gasteiger partial charge in [-0.05, 0) is 29.9 Å². The van der Waals surface area contributed by atoms with E-state index in [1.54, 1.807) is 0 Å². The normalized spacial score (nSPS) is 25.9. The van der Waals surface area contributed by atoms with Crippen LogP contribution < -0.4 is 5.32 Å². The fourth-order valence-corrected chi connectivity index (χ4v) is 3.71. The maximum absolute atomic E-state index is 11.1. The number of piperidine rings is 1. The zero-order chi connectivity index (χ0) is 14.2. The highest BCUT2D eigenvalue weighted by molar-refractivity contribution is 5.36. The van der Waals surface area contributed by atoms with Gasteiger partial charge in [-0.25, -0.2) is 0 Å². The number of hydrogen-bond acceptors (Lipinski definition) is 3. The van der Waals surface area contributed by atoms with Crippen molar-refractivity contribution >= 4 is 0 Å². The van der Waals surface area contributed by atoms with Crippen molar-refractivity contribution in [3.63, 3.8) is 0 Å². The third kappa shape index (κ3) is 2.62. The van der Waals surface area contributed by atoms with Crippen LogP contribution in [0.2, 0.25) is 0 Å². The molecule has 0 aromatic heterocycles. The van der Waals surface area contributed by atoms with E-state index in [-0.39, 0.29) is 6.04 Å². The molecule has 0 saturated carbocycles. The topological polar surface area (TPSA) is 35.5 Å². The summed E-state index contributed by atoms with van der Waals surface area (Å²) in [4.78, 5) is 2.49. The van der Waals surface area contributed by atoms with Crippen LogP contribution in [0.25, 0.3) is 0 Å². The van der Waals surface area contributed by atoms with Crippen molar-refractivity contribution in [3.05, 3.63) is 35.4 Å². The predicted octanol–water partition coefficient (Wildman–Crippen LogP) is 2.31. The van der Waals surface area contributed by atoms with Crippen molar-refractivity contribution in [3.8, 4) is 0 Å². The molecule has 2 aliphatic rings. The molecule has 110 valence electrons. The molecule has 0 bridgehead atoms. The number of hydrogen-bond donors (Lipinski definition) is 2. The summed E-state index contributed by atoms with van der Waals surface area (Å²) in [6.45, 7) is 8.57. The van der Waals surface area contributed by atoms with Crippen LogP contribution in [0.5, 0.6) is 0 Å². The minimum absolute atomic E-state index is 0.111. The van der Waals surface area contributed by atoms with Crippen LogP contribution in [0.3, 0.4) is 0 Å². The summed E-state index contributed by atoms with van der Waals surface area (Å²) in [5, 5.41) is 14.6. The number of rotatable bonds is 3. The highest BCUT2D eigenvalue weighted by atomic mass is 16.3. The average molecular weight is 274 g/mol. The van der Waals surface area contributed by atoms with E-state index >= 15 is 0 Å². The third-order valence-corrected chi connectivity index (χ3v) is 4.75. The molecule has 1 aromatic rings. The molecule has 0 aliphatic carbocycles. The van der Waals surface area contributed by atoms with Gasteiger partial charge in [0.05, 0.1) is 11.6 Å². The van der Waals surface area contributed by atoms with Crippen LogP contribution in [0, 0.1) is 5.92 Å². The van der Waals surface area contributed by atoms with Crippen molar-refractivity contribution in [1.82, 2.24) is 10.2 Å². The van der Waals surface area contributed by atoms with Crippen molar-refractivity contribution in [1.29, 1.82) is 0 Å². The number of nitrogens with zero attached hydrogens (tertiary/aromatic N) is 1. The molecule has 3 nitrogen and oxygen atoms in total. The van der Waals surface area contributed by atoms with Crippen LogP contribution in [-0.4, -0.2) is 35.2 Å². The molecule has 2 aliphatic heterocycles. The molecule has 0 radical (unpaired) electrons. The first kappa shape index (κ1) is 14.1. The molecule has 3 rings (SSSR count). The first-order valence-electron chi connectivity index (χ1n) is 7.84. The molecule has 1 unspecified atom stereocenters. The van der Waals surface area contributed by atoms with E-state index in [2.05, 4.69) is 48.3 Å². The van der Waals surface area contributed by atoms with Gasteiger partial charge in [-0.3, -0.25) is 0 Å². The minimum atomic E-state index is -0.583. The summed E-state index contributed by atoms with van der Waals surface area (Å²) in [5.74, 6) is 0.700. The van der Waals surface area contributed by atoms with E-state index < -0.39 is 5.60 Å². The maximum atomic E-state index is 11.1. The molecular formula is C17H26N2O. The zero-order valence-corrected chi connectivity index (χ0v) is 12.6. The van der Waals surface area contributed by atoms with E-state index in [0.717, 1.165) is 39.0 Å². The lowest BCUT2D eigenvalue weighted by atomic mass is 9.81. The SMILES string of the molecule is CC(C)CN1CCC(O)(C2NCc3ccccc32)CC1. The van der Waals surface area contributed by atoms with Gasteiger partial charge in [0.25, 0.3) is 0 Å². The zero-order valence-electron chi connectivity index (χ0n) is 12.6. The largest absolute Gasteiger partial charge is 0.388 e. The highest BCUT2D eigenvalue weighted by Crippen LogP contribution is 2.39. The van der Waals surface area contributed by atoms with Gasteiger partial charge in [-0.1, -0.05) is 38.1 Å². The summed E-state index contributed by atoms with van der Waals surface area (Å²) < 4.78 is 0. The second-order valence-corrected chi connectivity index (χ2v) is 6.81. The molecule has 1 saturated heterocycles. The first-order valence-corrected chi connectivity index (χ1v) is 7.84. The van der Waals surface area contributed by atoms with Crippen molar-refractivity contribution in [2.75, 3.05) is 19.6 Å². The molecule has 1 atom stereocenters. The summed E-state index contributed by atoms with van der Waals surface area (Å²) >= 11 is 0. The Morgan fingerprint density at radius 3 is 2.70 bits per heavy atom. The van der Waals surface area contributed by atoms with Gasteiger partial charge in [0.2, 0.25) is 0 Å². The molecule has 2 heterocycles. The monoisotopic (exact) mass is 274 g/mol. The van der Waals surface area contributed by atoms with Crippen LogP contribution in [0.4, 0.5) is 0 Å². The molecule has 0 amide bonds. The van der Waals surface area contributed by atoms with Crippen molar-refractivity contribution < 1.29 is 5.11 Å². The molecule has 20 heavy (non-hydrogen) atoms. The molecule has 1 aromatic carbocycles. The van der Waals surface area contributed by atoms with E-state index in [9.17, 15) is 5.11 Å². The Kier molecular flexibility index (Phi) is 3.85. The Balaban J connectivity index is 1.70. The Bertz CT molecular complexity index is 464. The van der Waals surface area contributed by atoms with E-state index in [0.29, 0.717) is 5.92 Å². The Morgan fingerprint density at radius 2 is 2.00 bits per heavy atom. The van der Waals surface area contributed by atoms with Gasteiger partial charge >= 0.3 is 0 Å². The Labute approximate surface area is 122 Å². The quantitative estimate of drug-likeness (QED) is 0.888. The molecule has 0 spiro atoms. The van der Waals surface area contributed by atoms with Gasteiger partial charge in [-0.2, -0.15) is 0 Å². The second kappa shape index (κ2) is 5.47. The van der Waals surface area contributed by atoms with Crippen LogP contribution in [0.1, 0.15) is 43.9 Å². The summed E-state index contributed by atoms with van der Waals surface area (Å²) in [7, 11) is 0. The highest BCUT2D eigenvalue weighted by Gasteiger charge is 2.43. The lowest BCUT2D eigenvalue weighted by molar-refractivity contribution is -0.0506. The summed E-state index contributed by atoms with van der Waals surface area (Å²) in [6.07, 6.45) is 1.73. The minimum Gasteiger partial charge on any atom is -0.388 e. The summed E-state index contributed by atoms with van der Waals surface area (Å²) in [5.41, 5.74) is 2.06. The number of fused-ring (bicyclic) bond motifs is 1. The third-order valence-electron chi connectivity index (χ3n) is 4.75. The standard InChI is InChI=1S/C17H26N2O/c1-13(2)12-19-9-7-17(20,8-10-19)16-15-6-4-3-5-14(15)11-18-16/h3-6,13,16,18,20H,7-12H2,1-2H3. The first-order chi connectivity index (χ1) is 9.58. The van der Waals surface area contributed by atoms with Gasteiger partial charge < -0.3 is 15.3 Å². The Morgan fingerprint density at radius 1 is 1.30 bits per heavy atom. The van der Waals surface area contributed by atoms with Gasteiger partial charge in [0, 0.05) is 26.2 Å². The fraction of sp³-hybridized carbons (Fsp3) is 0.647. The second-order valence-electron chi connectivity index (χ2n) is 6.81. The average Bonchev–Trinajstić information content (AvgIpc) is 2.86. The van der Waals surface area contributed by atoms with Crippen molar-refractivity contribution in [2.45, 2.75) is 44.9 Å². The summed E-state index contributed by atoms with van der Waals surface area (Å²) in [6, 6.07) is 8.60. The molecule has 2 N–H and O–H groups in total. The van der Waals surface area contributed by atoms with Crippen LogP contribution >= 0.6 is 0 Å². The van der Waals surface area contributed by atoms with Crippen molar-refractivity contribution in [2.24, 2.45) is 5.92 Å². The van der Waals surface area contributed by atoms with E-state index in [4.69, 9.17) is 0 Å². The number of nitrogens with one attached hydrogen (secondary N) is 1. The number of aliphatic hydroxyl groups is 1. The molecular weight excluding hydrogens is 248 g/mol. The van der Waals surface area contributed by atoms with E-state index in [1.807, 2.05) is 0 Å². The molecule has 1 fully saturated rings. The Hall–Kier alpha value is -0.900. The fourth-order valence-electron chi connectivity index (χ4n) is 3.71. The number of benzene rings is 1. The van der Waals surface area contributed by atoms with Gasteiger partial charge in [0.15, 0.2) is 0 Å². The van der Waals surface area contributed by atoms with Crippen LogP contribution in [0.15, 0.2) is 24.3 Å². The van der Waals surface area contributed by atoms with Gasteiger partial charge in [-0.15, -0.1) is 0 Å². The van der Waals surface area contributed by atoms with E-state index in [1.165, 1.54) is 11.1 Å². The smallest absolute Gasteiger partial charge is 0.0866 e.